The molecule has 0 heterocycles. The average Bonchev–Trinajstić information content (AvgIpc) is 2.76. The van der Waals surface area contributed by atoms with Gasteiger partial charge in [-0.25, -0.2) is 4.79 Å². The summed E-state index contributed by atoms with van der Waals surface area (Å²) in [5, 5.41) is 21.7. The van der Waals surface area contributed by atoms with Gasteiger partial charge >= 0.3 is 5.97 Å². The van der Waals surface area contributed by atoms with Crippen LogP contribution in [0.3, 0.4) is 0 Å². The fraction of sp³-hybridized carbons (Fsp3) is 0.370. The second kappa shape index (κ2) is 11.7. The molecule has 6 nitrogen and oxygen atoms in total. The molecule has 0 aliphatic carbocycles. The summed E-state index contributed by atoms with van der Waals surface area (Å²) in [5.74, 6) is -1.21. The molecular weight excluding hydrogens is 427 g/mol. The van der Waals surface area contributed by atoms with Gasteiger partial charge in [-0.05, 0) is 51.7 Å². The van der Waals surface area contributed by atoms with Gasteiger partial charge in [0.15, 0.2) is 0 Å². The first kappa shape index (κ1) is 26.9. The van der Waals surface area contributed by atoms with Crippen LogP contribution in [0, 0.1) is 5.41 Å². The minimum Gasteiger partial charge on any atom is -0.507 e. The number of aromatic hydroxyl groups is 1. The summed E-state index contributed by atoms with van der Waals surface area (Å²) in [4.78, 5) is 25.0. The first-order chi connectivity index (χ1) is 16.0. The Kier molecular flexibility index (Phi) is 9.24. The monoisotopic (exact) mass is 460 g/mol. The molecule has 1 atom stereocenters. The molecule has 0 spiro atoms. The predicted molar refractivity (Wildman–Crippen MR) is 136 cm³/mol. The first-order valence-corrected chi connectivity index (χ1v) is 11.4. The highest BCUT2D eigenvalue weighted by Crippen LogP contribution is 2.35. The Bertz CT molecular complexity index is 1040. The highest BCUT2D eigenvalue weighted by molar-refractivity contribution is 6.33. The lowest BCUT2D eigenvalue weighted by molar-refractivity contribution is -0.148. The second-order valence-corrected chi connectivity index (χ2v) is 9.28. The van der Waals surface area contributed by atoms with Crippen molar-refractivity contribution in [3.05, 3.63) is 71.8 Å². The van der Waals surface area contributed by atoms with Gasteiger partial charge in [0.2, 0.25) is 0 Å². The van der Waals surface area contributed by atoms with E-state index in [2.05, 4.69) is 5.32 Å². The van der Waals surface area contributed by atoms with E-state index in [1.54, 1.807) is 6.08 Å². The molecule has 0 aliphatic rings. The summed E-state index contributed by atoms with van der Waals surface area (Å²) < 4.78 is 5.31. The highest BCUT2D eigenvalue weighted by Gasteiger charge is 2.37. The van der Waals surface area contributed by atoms with E-state index in [1.165, 1.54) is 24.3 Å². The molecule has 178 valence electrons. The molecule has 0 aromatic heterocycles. The summed E-state index contributed by atoms with van der Waals surface area (Å²) in [6.45, 7) is 7.45. The van der Waals surface area contributed by atoms with Crippen molar-refractivity contribution in [3.8, 4) is 5.75 Å². The van der Waals surface area contributed by atoms with E-state index in [1.807, 2.05) is 58.0 Å². The third-order valence-corrected chi connectivity index (χ3v) is 5.38. The maximum Gasteiger partial charge on any atom is 0.330 e. The van der Waals surface area contributed by atoms with Crippen molar-refractivity contribution in [1.82, 2.24) is 5.32 Å². The van der Waals surface area contributed by atoms with E-state index < -0.39 is 22.9 Å². The third-order valence-electron chi connectivity index (χ3n) is 5.38. The maximum atomic E-state index is 12.9. The van der Waals surface area contributed by atoms with Crippen LogP contribution in [0.5, 0.6) is 5.75 Å². The van der Waals surface area contributed by atoms with Crippen LogP contribution in [-0.2, 0) is 14.9 Å². The van der Waals surface area contributed by atoms with E-state index in [9.17, 15) is 14.7 Å². The summed E-state index contributed by atoms with van der Waals surface area (Å²) in [6, 6.07) is 13.8. The fourth-order valence-electron chi connectivity index (χ4n) is 3.87. The smallest absolute Gasteiger partial charge is 0.330 e. The van der Waals surface area contributed by atoms with Gasteiger partial charge in [-0.2, -0.15) is 0 Å². The number of hydrogen-bond donors (Lipinski definition) is 3. The number of rotatable bonds is 9. The Morgan fingerprint density at radius 2 is 1.79 bits per heavy atom. The van der Waals surface area contributed by atoms with Gasteiger partial charge in [-0.1, -0.05) is 67.3 Å². The summed E-state index contributed by atoms with van der Waals surface area (Å²) >= 11 is 0. The van der Waals surface area contributed by atoms with Crippen molar-refractivity contribution < 1.29 is 19.4 Å². The van der Waals surface area contributed by atoms with Gasteiger partial charge in [-0.15, -0.1) is 0 Å². The Morgan fingerprint density at radius 1 is 1.12 bits per heavy atom. The van der Waals surface area contributed by atoms with Gasteiger partial charge < -0.3 is 15.2 Å². The van der Waals surface area contributed by atoms with Crippen LogP contribution in [0.4, 0.5) is 0 Å². The molecule has 2 radical (unpaired) electrons. The number of phenolic OH excluding ortho intramolecular Hbond substituents is 1. The summed E-state index contributed by atoms with van der Waals surface area (Å²) in [7, 11) is 5.77. The number of amidine groups is 1. The molecule has 0 fully saturated rings. The van der Waals surface area contributed by atoms with Crippen molar-refractivity contribution in [3.63, 3.8) is 0 Å². The van der Waals surface area contributed by atoms with Crippen LogP contribution in [0.25, 0.3) is 0 Å². The standard InChI is InChI=1S/C27H33BN2O4/c1-5-16-27(19-11-7-6-8-12-19,17-10-9-13-23(32)34-26(2,3)4)25(29)30-24(33)21-18-20(28)14-15-22(21)31/h6-9,11-15,18,31H,5,10,16-17H2,1-4H3,(H2,29,30,33)/b13-9-. The Hall–Kier alpha value is -3.35. The number of amides is 1. The molecule has 1 amide bonds. The van der Waals surface area contributed by atoms with E-state index in [4.69, 9.17) is 18.0 Å². The number of hydrogen-bond acceptors (Lipinski definition) is 5. The molecule has 2 rings (SSSR count). The minimum absolute atomic E-state index is 0.00744. The van der Waals surface area contributed by atoms with E-state index >= 15 is 0 Å². The van der Waals surface area contributed by atoms with Crippen molar-refractivity contribution in [2.24, 2.45) is 0 Å². The maximum absolute atomic E-state index is 12.9. The van der Waals surface area contributed by atoms with E-state index in [-0.39, 0.29) is 17.1 Å². The number of nitrogens with one attached hydrogen (secondary N) is 2. The van der Waals surface area contributed by atoms with E-state index in [0.717, 1.165) is 12.0 Å². The van der Waals surface area contributed by atoms with Crippen LogP contribution in [0.15, 0.2) is 60.7 Å². The molecule has 7 heteroatoms. The molecule has 34 heavy (non-hydrogen) atoms. The molecule has 0 aliphatic heterocycles. The molecule has 2 aromatic rings. The average molecular weight is 460 g/mol. The number of allylic oxidation sites excluding steroid dienone is 1. The summed E-state index contributed by atoms with van der Waals surface area (Å²) in [5.41, 5.74) is -0.127. The zero-order valence-corrected chi connectivity index (χ0v) is 20.4. The Labute approximate surface area is 203 Å². The zero-order chi connectivity index (χ0) is 25.4. The first-order valence-electron chi connectivity index (χ1n) is 11.4. The molecular formula is C27H33BN2O4. The zero-order valence-electron chi connectivity index (χ0n) is 20.4. The fourth-order valence-corrected chi connectivity index (χ4v) is 3.87. The largest absolute Gasteiger partial charge is 0.507 e. The molecule has 3 N–H and O–H groups in total. The molecule has 0 bridgehead atoms. The van der Waals surface area contributed by atoms with Crippen molar-refractivity contribution in [1.29, 1.82) is 5.41 Å². The van der Waals surface area contributed by atoms with Gasteiger partial charge in [0.05, 0.1) is 11.0 Å². The lowest BCUT2D eigenvalue weighted by Crippen LogP contribution is -2.46. The molecule has 0 saturated carbocycles. The van der Waals surface area contributed by atoms with E-state index in [0.29, 0.717) is 24.7 Å². The SMILES string of the molecule is [B]c1ccc(O)c(C(=O)NC(=N)C(CCC)(CC/C=C\C(=O)OC(C)(C)C)c2ccccc2)c1. The van der Waals surface area contributed by atoms with Crippen LogP contribution >= 0.6 is 0 Å². The number of carbonyl (C=O) groups excluding carboxylic acids is 2. The van der Waals surface area contributed by atoms with Crippen LogP contribution in [0.1, 0.15) is 69.3 Å². The van der Waals surface area contributed by atoms with Crippen molar-refractivity contribution >= 4 is 31.0 Å². The van der Waals surface area contributed by atoms with Crippen molar-refractivity contribution in [2.45, 2.75) is 64.4 Å². The quantitative estimate of drug-likeness (QED) is 0.171. The topological polar surface area (TPSA) is 99.5 Å². The lowest BCUT2D eigenvalue weighted by atomic mass is 9.72. The lowest BCUT2D eigenvalue weighted by Gasteiger charge is -2.35. The predicted octanol–water partition coefficient (Wildman–Crippen LogP) is 4.31. The third kappa shape index (κ3) is 7.34. The van der Waals surface area contributed by atoms with Gasteiger partial charge in [0, 0.05) is 6.08 Å². The normalized spacial score (nSPS) is 13.3. The molecule has 0 saturated heterocycles. The number of benzene rings is 2. The number of carbonyl (C=O) groups is 2. The van der Waals surface area contributed by atoms with Crippen molar-refractivity contribution in [2.75, 3.05) is 0 Å². The number of esters is 1. The highest BCUT2D eigenvalue weighted by atomic mass is 16.6. The van der Waals surface area contributed by atoms with Gasteiger partial charge in [0.25, 0.3) is 5.91 Å². The second-order valence-electron chi connectivity index (χ2n) is 9.28. The summed E-state index contributed by atoms with van der Waals surface area (Å²) in [6.07, 6.45) is 5.51. The van der Waals surface area contributed by atoms with Gasteiger partial charge in [0.1, 0.15) is 25.0 Å². The Morgan fingerprint density at radius 3 is 2.41 bits per heavy atom. The van der Waals surface area contributed by atoms with Crippen LogP contribution in [-0.4, -0.2) is 36.3 Å². The van der Waals surface area contributed by atoms with Gasteiger partial charge in [-0.3, -0.25) is 10.2 Å². The van der Waals surface area contributed by atoms with Crippen LogP contribution in [0.2, 0.25) is 0 Å². The Balaban J connectivity index is 2.31. The number of phenols is 1. The minimum atomic E-state index is -0.792. The molecule has 1 unspecified atom stereocenters. The molecule has 2 aromatic carbocycles. The van der Waals surface area contributed by atoms with Crippen LogP contribution < -0.4 is 10.8 Å². The number of ether oxygens (including phenoxy) is 1.